The fourth-order valence-corrected chi connectivity index (χ4v) is 0.793. The van der Waals surface area contributed by atoms with Crippen molar-refractivity contribution in [2.24, 2.45) is 0 Å². The normalized spacial score (nSPS) is 17.2. The molecule has 0 bridgehead atoms. The van der Waals surface area contributed by atoms with E-state index >= 15 is 0 Å². The van der Waals surface area contributed by atoms with E-state index in [0.717, 1.165) is 6.42 Å². The summed E-state index contributed by atoms with van der Waals surface area (Å²) in [6.45, 7) is 0.582. The van der Waals surface area contributed by atoms with E-state index < -0.39 is 0 Å². The minimum atomic E-state index is 0.582. The van der Waals surface area contributed by atoms with Gasteiger partial charge in [-0.1, -0.05) is 6.08 Å². The predicted molar refractivity (Wildman–Crippen MR) is 34.4 cm³/mol. The summed E-state index contributed by atoms with van der Waals surface area (Å²) in [7, 11) is 0. The van der Waals surface area contributed by atoms with Crippen LogP contribution in [0.15, 0.2) is 12.3 Å². The van der Waals surface area contributed by atoms with Gasteiger partial charge in [-0.25, -0.2) is 10.0 Å². The average molecular weight is 140 g/mol. The number of hydrazine groups is 1. The maximum absolute atomic E-state index is 10.2. The molecule has 1 rings (SSSR count). The molecule has 54 valence electrons. The van der Waals surface area contributed by atoms with Gasteiger partial charge in [0, 0.05) is 12.7 Å². The number of rotatable bonds is 2. The first-order valence-corrected chi connectivity index (χ1v) is 3.00. The van der Waals surface area contributed by atoms with Gasteiger partial charge in [0.25, 0.3) is 0 Å². The summed E-state index contributed by atoms with van der Waals surface area (Å²) in [5.74, 6) is 0. The van der Waals surface area contributed by atoms with Gasteiger partial charge in [0.05, 0.1) is 0 Å². The van der Waals surface area contributed by atoms with E-state index in [-0.39, 0.29) is 0 Å². The molecule has 4 nitrogen and oxygen atoms in total. The number of nitrogens with zero attached hydrogens (tertiary/aromatic N) is 2. The molecule has 0 unspecified atom stereocenters. The van der Waals surface area contributed by atoms with Crippen molar-refractivity contribution < 1.29 is 9.59 Å². The van der Waals surface area contributed by atoms with Crippen LogP contribution in [-0.2, 0) is 9.59 Å². The summed E-state index contributed by atoms with van der Waals surface area (Å²) in [6.07, 6.45) is 5.46. The van der Waals surface area contributed by atoms with E-state index in [1.54, 1.807) is 6.20 Å². The summed E-state index contributed by atoms with van der Waals surface area (Å²) in [6, 6.07) is 0. The average Bonchev–Trinajstić information content (AvgIpc) is 2.04. The Balaban J connectivity index is 2.64. The van der Waals surface area contributed by atoms with Crippen molar-refractivity contribution in [3.05, 3.63) is 12.3 Å². The monoisotopic (exact) mass is 140 g/mol. The van der Waals surface area contributed by atoms with Crippen LogP contribution in [0.3, 0.4) is 0 Å². The van der Waals surface area contributed by atoms with Gasteiger partial charge in [-0.15, -0.1) is 0 Å². The lowest BCUT2D eigenvalue weighted by molar-refractivity contribution is -0.141. The molecule has 1 aliphatic rings. The van der Waals surface area contributed by atoms with E-state index in [1.165, 1.54) is 10.0 Å². The Morgan fingerprint density at radius 2 is 2.10 bits per heavy atom. The summed E-state index contributed by atoms with van der Waals surface area (Å²) in [5, 5.41) is 2.53. The third-order valence-corrected chi connectivity index (χ3v) is 1.31. The zero-order valence-electron chi connectivity index (χ0n) is 5.43. The maximum atomic E-state index is 10.2. The van der Waals surface area contributed by atoms with Gasteiger partial charge in [0.1, 0.15) is 0 Å². The molecule has 0 spiro atoms. The molecule has 1 heterocycles. The fourth-order valence-electron chi connectivity index (χ4n) is 0.793. The van der Waals surface area contributed by atoms with Crippen molar-refractivity contribution in [3.63, 3.8) is 0 Å². The topological polar surface area (TPSA) is 40.6 Å². The fraction of sp³-hybridized carbons (Fsp3) is 0.333. The highest BCUT2D eigenvalue weighted by atomic mass is 16.2. The van der Waals surface area contributed by atoms with Crippen molar-refractivity contribution in [1.82, 2.24) is 10.0 Å². The second-order valence-corrected chi connectivity index (χ2v) is 1.93. The van der Waals surface area contributed by atoms with E-state index in [2.05, 4.69) is 0 Å². The Morgan fingerprint density at radius 3 is 2.60 bits per heavy atom. The van der Waals surface area contributed by atoms with Gasteiger partial charge in [-0.2, -0.15) is 0 Å². The molecule has 10 heavy (non-hydrogen) atoms. The van der Waals surface area contributed by atoms with E-state index in [0.29, 0.717) is 19.4 Å². The Bertz CT molecular complexity index is 167. The Kier molecular flexibility index (Phi) is 2.04. The number of carbonyl (C=O) groups is 2. The molecule has 0 aromatic rings. The minimum absolute atomic E-state index is 0.582. The second kappa shape index (κ2) is 3.00. The standard InChI is InChI=1S/C6H8N2O2/c9-5-7-3-1-2-4-8(7)6-10/h1,3,5-6H,2,4H2. The Labute approximate surface area is 58.7 Å². The first-order valence-electron chi connectivity index (χ1n) is 3.00. The Morgan fingerprint density at radius 1 is 1.30 bits per heavy atom. The molecule has 0 aromatic carbocycles. The largest absolute Gasteiger partial charge is 0.277 e. The highest BCUT2D eigenvalue weighted by molar-refractivity contribution is 5.56. The summed E-state index contributed by atoms with van der Waals surface area (Å²) in [5.41, 5.74) is 0. The van der Waals surface area contributed by atoms with Crippen LogP contribution in [0.2, 0.25) is 0 Å². The lowest BCUT2D eigenvalue weighted by atomic mass is 10.4. The van der Waals surface area contributed by atoms with Gasteiger partial charge in [0.15, 0.2) is 0 Å². The molecule has 0 atom stereocenters. The van der Waals surface area contributed by atoms with Gasteiger partial charge < -0.3 is 0 Å². The van der Waals surface area contributed by atoms with Crippen molar-refractivity contribution in [2.75, 3.05) is 6.54 Å². The van der Waals surface area contributed by atoms with Crippen LogP contribution in [0.1, 0.15) is 6.42 Å². The van der Waals surface area contributed by atoms with E-state index in [4.69, 9.17) is 0 Å². The molecule has 4 heteroatoms. The summed E-state index contributed by atoms with van der Waals surface area (Å²) >= 11 is 0. The van der Waals surface area contributed by atoms with Crippen LogP contribution < -0.4 is 0 Å². The second-order valence-electron chi connectivity index (χ2n) is 1.93. The molecule has 1 aliphatic heterocycles. The first kappa shape index (κ1) is 6.80. The lowest BCUT2D eigenvalue weighted by Crippen LogP contribution is -2.39. The maximum Gasteiger partial charge on any atom is 0.232 e. The molecule has 0 saturated heterocycles. The third kappa shape index (κ3) is 1.15. The molecular formula is C6H8N2O2. The molecule has 0 radical (unpaired) electrons. The highest BCUT2D eigenvalue weighted by Crippen LogP contribution is 2.02. The zero-order valence-corrected chi connectivity index (χ0v) is 5.43. The summed E-state index contributed by atoms with van der Waals surface area (Å²) in [4.78, 5) is 20.4. The number of hydrogen-bond acceptors (Lipinski definition) is 2. The number of amides is 2. The van der Waals surface area contributed by atoms with Gasteiger partial charge in [-0.05, 0) is 6.42 Å². The molecule has 0 N–H and O–H groups in total. The van der Waals surface area contributed by atoms with Crippen LogP contribution in [0.4, 0.5) is 0 Å². The minimum Gasteiger partial charge on any atom is -0.277 e. The predicted octanol–water partition coefficient (Wildman–Crippen LogP) is -0.264. The van der Waals surface area contributed by atoms with Crippen molar-refractivity contribution in [2.45, 2.75) is 6.42 Å². The molecule has 0 fully saturated rings. The zero-order chi connectivity index (χ0) is 7.40. The van der Waals surface area contributed by atoms with Gasteiger partial charge in [0.2, 0.25) is 12.8 Å². The number of carbonyl (C=O) groups excluding carboxylic acids is 2. The molecular weight excluding hydrogens is 132 g/mol. The van der Waals surface area contributed by atoms with E-state index in [1.807, 2.05) is 6.08 Å². The first-order chi connectivity index (χ1) is 4.88. The Hall–Kier alpha value is -1.32. The third-order valence-electron chi connectivity index (χ3n) is 1.31. The SMILES string of the molecule is O=CN1C=CCCN1C=O. The highest BCUT2D eigenvalue weighted by Gasteiger charge is 2.10. The summed E-state index contributed by atoms with van der Waals surface area (Å²) < 4.78 is 0. The lowest BCUT2D eigenvalue weighted by Gasteiger charge is -2.27. The van der Waals surface area contributed by atoms with Crippen LogP contribution >= 0.6 is 0 Å². The molecule has 0 saturated carbocycles. The van der Waals surface area contributed by atoms with Crippen LogP contribution in [0.25, 0.3) is 0 Å². The van der Waals surface area contributed by atoms with Crippen LogP contribution in [0, 0.1) is 0 Å². The molecule has 0 aromatic heterocycles. The van der Waals surface area contributed by atoms with Crippen molar-refractivity contribution >= 4 is 12.8 Å². The van der Waals surface area contributed by atoms with Crippen molar-refractivity contribution in [3.8, 4) is 0 Å². The quantitative estimate of drug-likeness (QED) is 0.495. The molecule has 2 amide bonds. The smallest absolute Gasteiger partial charge is 0.232 e. The van der Waals surface area contributed by atoms with E-state index in [9.17, 15) is 9.59 Å². The van der Waals surface area contributed by atoms with Crippen LogP contribution in [0.5, 0.6) is 0 Å². The van der Waals surface area contributed by atoms with Crippen LogP contribution in [-0.4, -0.2) is 29.4 Å². The van der Waals surface area contributed by atoms with Gasteiger partial charge in [-0.3, -0.25) is 9.59 Å². The van der Waals surface area contributed by atoms with Crippen molar-refractivity contribution in [1.29, 1.82) is 0 Å². The number of hydrogen-bond donors (Lipinski definition) is 0. The van der Waals surface area contributed by atoms with Gasteiger partial charge >= 0.3 is 0 Å². The molecule has 0 aliphatic carbocycles.